The summed E-state index contributed by atoms with van der Waals surface area (Å²) < 4.78 is 24.5. The van der Waals surface area contributed by atoms with Crippen LogP contribution in [0.5, 0.6) is 0 Å². The minimum absolute atomic E-state index is 0.576. The van der Waals surface area contributed by atoms with E-state index in [0.29, 0.717) is 6.07 Å². The lowest BCUT2D eigenvalue weighted by molar-refractivity contribution is 0.0691. The number of carbonyl (C=O) groups is 1. The van der Waals surface area contributed by atoms with Gasteiger partial charge in [-0.25, -0.2) is 13.6 Å². The molecule has 1 aromatic rings. The van der Waals surface area contributed by atoms with Gasteiger partial charge in [0.15, 0.2) is 5.69 Å². The quantitative estimate of drug-likeness (QED) is 0.656. The van der Waals surface area contributed by atoms with Gasteiger partial charge >= 0.3 is 5.97 Å². The van der Waals surface area contributed by atoms with Crippen LogP contribution in [-0.2, 0) is 0 Å². The monoisotopic (exact) mass is 204 g/mol. The van der Waals surface area contributed by atoms with E-state index >= 15 is 0 Å². The summed E-state index contributed by atoms with van der Waals surface area (Å²) in [7, 11) is 0. The number of anilines is 1. The molecular formula is C7H6F2N2O3. The van der Waals surface area contributed by atoms with Crippen LogP contribution in [-0.4, -0.2) is 16.1 Å². The third-order valence-electron chi connectivity index (χ3n) is 1.56. The van der Waals surface area contributed by atoms with Crippen LogP contribution >= 0.6 is 0 Å². The molecule has 0 aliphatic carbocycles. The Balaban J connectivity index is 3.48. The number of halogens is 2. The SMILES string of the molecule is Nc1c(C(F)F)cc(=O)[nH]c1C(=O)O. The summed E-state index contributed by atoms with van der Waals surface area (Å²) in [5.41, 5.74) is 2.09. The van der Waals surface area contributed by atoms with E-state index < -0.39 is 34.9 Å². The van der Waals surface area contributed by atoms with Crippen molar-refractivity contribution in [3.8, 4) is 0 Å². The lowest BCUT2D eigenvalue weighted by atomic mass is 10.2. The number of alkyl halides is 2. The van der Waals surface area contributed by atoms with Gasteiger partial charge in [-0.3, -0.25) is 4.79 Å². The number of aromatic carboxylic acids is 1. The van der Waals surface area contributed by atoms with Gasteiger partial charge in [-0.1, -0.05) is 0 Å². The Morgan fingerprint density at radius 3 is 2.57 bits per heavy atom. The summed E-state index contributed by atoms with van der Waals surface area (Å²) in [6, 6.07) is 0.576. The Bertz CT molecular complexity index is 427. The topological polar surface area (TPSA) is 96.2 Å². The number of nitrogens with one attached hydrogen (secondary N) is 1. The maximum atomic E-state index is 12.2. The molecule has 1 heterocycles. The predicted molar refractivity (Wildman–Crippen MR) is 43.4 cm³/mol. The molecule has 0 aromatic carbocycles. The summed E-state index contributed by atoms with van der Waals surface area (Å²) >= 11 is 0. The molecule has 0 radical (unpaired) electrons. The third-order valence-corrected chi connectivity index (χ3v) is 1.56. The molecule has 0 amide bonds. The van der Waals surface area contributed by atoms with Gasteiger partial charge in [-0.2, -0.15) is 0 Å². The average Bonchev–Trinajstić information content (AvgIpc) is 2.07. The molecule has 1 aromatic heterocycles. The maximum absolute atomic E-state index is 12.2. The molecule has 1 rings (SSSR count). The number of pyridine rings is 1. The predicted octanol–water partition coefficient (Wildman–Crippen LogP) is 0.593. The van der Waals surface area contributed by atoms with Gasteiger partial charge in [-0.15, -0.1) is 0 Å². The van der Waals surface area contributed by atoms with E-state index in [2.05, 4.69) is 0 Å². The number of hydrogen-bond acceptors (Lipinski definition) is 3. The molecule has 0 fully saturated rings. The molecule has 0 aliphatic rings. The number of nitrogen functional groups attached to an aromatic ring is 1. The van der Waals surface area contributed by atoms with Crippen LogP contribution in [0.2, 0.25) is 0 Å². The number of carboxylic acids is 1. The van der Waals surface area contributed by atoms with Crippen molar-refractivity contribution in [2.45, 2.75) is 6.43 Å². The molecule has 0 saturated heterocycles. The fourth-order valence-corrected chi connectivity index (χ4v) is 0.939. The number of hydrogen-bond donors (Lipinski definition) is 3. The highest BCUT2D eigenvalue weighted by atomic mass is 19.3. The molecule has 76 valence electrons. The Morgan fingerprint density at radius 1 is 1.57 bits per heavy atom. The van der Waals surface area contributed by atoms with Gasteiger partial charge in [0.1, 0.15) is 0 Å². The third kappa shape index (κ3) is 1.70. The van der Waals surface area contributed by atoms with Gasteiger partial charge in [0.05, 0.1) is 5.69 Å². The Kier molecular flexibility index (Phi) is 2.50. The van der Waals surface area contributed by atoms with Gasteiger partial charge in [0.2, 0.25) is 5.56 Å². The first-order chi connectivity index (χ1) is 6.43. The van der Waals surface area contributed by atoms with Crippen molar-refractivity contribution in [1.82, 2.24) is 4.98 Å². The molecule has 0 bridgehead atoms. The van der Waals surface area contributed by atoms with Crippen molar-refractivity contribution >= 4 is 11.7 Å². The number of aromatic nitrogens is 1. The van der Waals surface area contributed by atoms with Crippen molar-refractivity contribution in [1.29, 1.82) is 0 Å². The lowest BCUT2D eigenvalue weighted by Crippen LogP contribution is -2.17. The molecule has 14 heavy (non-hydrogen) atoms. The average molecular weight is 204 g/mol. The van der Waals surface area contributed by atoms with Gasteiger partial charge in [0, 0.05) is 11.6 Å². The Labute approximate surface area is 76.2 Å². The van der Waals surface area contributed by atoms with E-state index in [1.807, 2.05) is 4.98 Å². The highest BCUT2D eigenvalue weighted by Crippen LogP contribution is 2.24. The zero-order valence-corrected chi connectivity index (χ0v) is 6.75. The molecule has 0 unspecified atom stereocenters. The van der Waals surface area contributed by atoms with E-state index in [1.54, 1.807) is 0 Å². The minimum atomic E-state index is -2.98. The van der Waals surface area contributed by atoms with Crippen molar-refractivity contribution in [3.63, 3.8) is 0 Å². The van der Waals surface area contributed by atoms with Crippen molar-refractivity contribution < 1.29 is 18.7 Å². The van der Waals surface area contributed by atoms with Gasteiger partial charge in [-0.05, 0) is 0 Å². The Hall–Kier alpha value is -1.92. The second kappa shape index (κ2) is 3.44. The molecule has 5 nitrogen and oxygen atoms in total. The summed E-state index contributed by atoms with van der Waals surface area (Å²) in [6.45, 7) is 0. The summed E-state index contributed by atoms with van der Waals surface area (Å²) in [5, 5.41) is 8.50. The molecule has 4 N–H and O–H groups in total. The first-order valence-corrected chi connectivity index (χ1v) is 3.47. The van der Waals surface area contributed by atoms with Crippen LogP contribution in [0.1, 0.15) is 22.5 Å². The van der Waals surface area contributed by atoms with E-state index in [4.69, 9.17) is 10.8 Å². The second-order valence-corrected chi connectivity index (χ2v) is 2.48. The van der Waals surface area contributed by atoms with Crippen LogP contribution in [0.4, 0.5) is 14.5 Å². The standard InChI is InChI=1S/C7H6F2N2O3/c8-6(9)2-1-3(12)11-5(4(2)10)7(13)14/h1,6H,10H2,(H,11,12)(H,13,14). The highest BCUT2D eigenvalue weighted by molar-refractivity contribution is 5.92. The molecule has 0 saturated carbocycles. The van der Waals surface area contributed by atoms with E-state index in [1.165, 1.54) is 0 Å². The van der Waals surface area contributed by atoms with Crippen LogP contribution in [0.25, 0.3) is 0 Å². The first kappa shape index (κ1) is 10.2. The molecule has 7 heteroatoms. The summed E-state index contributed by atoms with van der Waals surface area (Å²) in [6.07, 6.45) is -2.98. The summed E-state index contributed by atoms with van der Waals surface area (Å²) in [4.78, 5) is 23.1. The van der Waals surface area contributed by atoms with Crippen LogP contribution in [0.15, 0.2) is 10.9 Å². The second-order valence-electron chi connectivity index (χ2n) is 2.48. The highest BCUT2D eigenvalue weighted by Gasteiger charge is 2.19. The minimum Gasteiger partial charge on any atom is -0.477 e. The Morgan fingerprint density at radius 2 is 2.14 bits per heavy atom. The van der Waals surface area contributed by atoms with Gasteiger partial charge in [0.25, 0.3) is 6.43 Å². The zero-order chi connectivity index (χ0) is 10.9. The van der Waals surface area contributed by atoms with Gasteiger partial charge < -0.3 is 15.8 Å². The molecular weight excluding hydrogens is 198 g/mol. The fraction of sp³-hybridized carbons (Fsp3) is 0.143. The number of nitrogens with two attached hydrogens (primary N) is 1. The van der Waals surface area contributed by atoms with Crippen LogP contribution in [0, 0.1) is 0 Å². The van der Waals surface area contributed by atoms with E-state index in [0.717, 1.165) is 0 Å². The number of rotatable bonds is 2. The zero-order valence-electron chi connectivity index (χ0n) is 6.75. The maximum Gasteiger partial charge on any atom is 0.354 e. The number of carboxylic acid groups (broad SMARTS) is 1. The molecule has 0 spiro atoms. The van der Waals surface area contributed by atoms with Crippen molar-refractivity contribution in [2.75, 3.05) is 5.73 Å². The summed E-state index contributed by atoms with van der Waals surface area (Å²) in [5.74, 6) is -1.55. The number of aromatic amines is 1. The first-order valence-electron chi connectivity index (χ1n) is 3.47. The molecule has 0 atom stereocenters. The largest absolute Gasteiger partial charge is 0.477 e. The van der Waals surface area contributed by atoms with Crippen LogP contribution < -0.4 is 11.3 Å². The van der Waals surface area contributed by atoms with Crippen LogP contribution in [0.3, 0.4) is 0 Å². The van der Waals surface area contributed by atoms with E-state index in [9.17, 15) is 18.4 Å². The molecule has 0 aliphatic heterocycles. The smallest absolute Gasteiger partial charge is 0.354 e. The normalized spacial score (nSPS) is 10.5. The number of H-pyrrole nitrogens is 1. The lowest BCUT2D eigenvalue weighted by Gasteiger charge is -2.05. The fourth-order valence-electron chi connectivity index (χ4n) is 0.939. The van der Waals surface area contributed by atoms with Crippen molar-refractivity contribution in [3.05, 3.63) is 27.7 Å². The van der Waals surface area contributed by atoms with Crippen molar-refractivity contribution in [2.24, 2.45) is 0 Å². The van der Waals surface area contributed by atoms with E-state index in [-0.39, 0.29) is 0 Å².